The Morgan fingerprint density at radius 2 is 2.09 bits per heavy atom. The van der Waals surface area contributed by atoms with Gasteiger partial charge in [-0.2, -0.15) is 0 Å². The zero-order chi connectivity index (χ0) is 15.9. The van der Waals surface area contributed by atoms with E-state index in [1.165, 1.54) is 23.8 Å². The van der Waals surface area contributed by atoms with Gasteiger partial charge in [-0.15, -0.1) is 5.10 Å². The van der Waals surface area contributed by atoms with Crippen molar-refractivity contribution < 1.29 is 0 Å². The third-order valence-electron chi connectivity index (χ3n) is 4.11. The molecule has 118 valence electrons. The zero-order valence-corrected chi connectivity index (χ0v) is 16.5. The molecule has 1 fully saturated rings. The zero-order valence-electron chi connectivity index (χ0n) is 12.2. The van der Waals surface area contributed by atoms with Crippen molar-refractivity contribution in [2.45, 2.75) is 32.2 Å². The van der Waals surface area contributed by atoms with Gasteiger partial charge in [-0.25, -0.2) is 19.9 Å². The van der Waals surface area contributed by atoms with Crippen molar-refractivity contribution in [3.8, 4) is 11.6 Å². The Bertz CT molecular complexity index is 751. The van der Waals surface area contributed by atoms with Gasteiger partial charge in [0.15, 0.2) is 0 Å². The molecule has 0 spiro atoms. The summed E-state index contributed by atoms with van der Waals surface area (Å²) in [6, 6.07) is 0.379. The first-order valence-corrected chi connectivity index (χ1v) is 9.24. The van der Waals surface area contributed by atoms with Crippen LogP contribution in [0.2, 0.25) is 0 Å². The van der Waals surface area contributed by atoms with E-state index in [9.17, 15) is 4.79 Å². The smallest absolute Gasteiger partial charge is 0.343 e. The maximum atomic E-state index is 11.5. The van der Waals surface area contributed by atoms with Crippen LogP contribution >= 0.6 is 45.2 Å². The number of aromatic amines is 1. The second-order valence-electron chi connectivity index (χ2n) is 5.54. The number of anilines is 1. The first-order valence-electron chi connectivity index (χ1n) is 7.08. The highest BCUT2D eigenvalue weighted by Crippen LogP contribution is 2.32. The lowest BCUT2D eigenvalue weighted by Gasteiger charge is -2.32. The molecule has 2 aromatic rings. The molecule has 2 N–H and O–H groups in total. The Labute approximate surface area is 155 Å². The lowest BCUT2D eigenvalue weighted by molar-refractivity contribution is 0.285. The maximum Gasteiger partial charge on any atom is 0.343 e. The molecule has 3 rings (SSSR count). The molecule has 2 heterocycles. The molecule has 22 heavy (non-hydrogen) atoms. The van der Waals surface area contributed by atoms with E-state index in [-0.39, 0.29) is 5.69 Å². The molecule has 2 aromatic heterocycles. The van der Waals surface area contributed by atoms with Crippen LogP contribution in [0, 0.1) is 13.2 Å². The van der Waals surface area contributed by atoms with Crippen molar-refractivity contribution in [2.75, 3.05) is 5.32 Å². The predicted octanol–water partition coefficient (Wildman–Crippen LogP) is 2.38. The minimum absolute atomic E-state index is 0.274. The van der Waals surface area contributed by atoms with Crippen LogP contribution in [-0.2, 0) is 7.05 Å². The molecule has 7 nitrogen and oxygen atoms in total. The first-order chi connectivity index (χ1) is 10.5. The number of hydrogen-bond acceptors (Lipinski definition) is 5. The highest BCUT2D eigenvalue weighted by molar-refractivity contribution is 14.1. The molecule has 1 aliphatic carbocycles. The second kappa shape index (κ2) is 6.42. The summed E-state index contributed by atoms with van der Waals surface area (Å²) in [5.74, 6) is 2.42. The maximum absolute atomic E-state index is 11.5. The van der Waals surface area contributed by atoms with Gasteiger partial charge in [0.1, 0.15) is 9.52 Å². The normalized spacial score (nSPS) is 16.4. The molecular formula is C13H16I2N6O. The number of aromatic nitrogens is 5. The molecule has 0 radical (unpaired) electrons. The van der Waals surface area contributed by atoms with Crippen molar-refractivity contribution in [3.63, 3.8) is 0 Å². The van der Waals surface area contributed by atoms with Gasteiger partial charge < -0.3 is 5.32 Å². The Morgan fingerprint density at radius 3 is 2.64 bits per heavy atom. The van der Waals surface area contributed by atoms with Crippen LogP contribution in [-0.4, -0.2) is 30.8 Å². The van der Waals surface area contributed by atoms with Crippen molar-refractivity contribution in [1.82, 2.24) is 24.7 Å². The van der Waals surface area contributed by atoms with Crippen molar-refractivity contribution in [3.05, 3.63) is 17.8 Å². The van der Waals surface area contributed by atoms with Crippen LogP contribution in [0.1, 0.15) is 26.2 Å². The van der Waals surface area contributed by atoms with Crippen molar-refractivity contribution in [2.24, 2.45) is 13.0 Å². The average Bonchev–Trinajstić information content (AvgIpc) is 2.73. The fourth-order valence-electron chi connectivity index (χ4n) is 2.44. The Morgan fingerprint density at radius 1 is 1.36 bits per heavy atom. The standard InChI is InChI=1S/C13H16I2N6O/c1-6(7-4-3-5-7)16-10-8(14)9(15)17-11(18-10)12-19-20-13(22)21(12)2/h6-7H,3-5H2,1-2H3,(H,20,22)(H,16,17,18)/t6-/m1/s1. The van der Waals surface area contributed by atoms with E-state index in [4.69, 9.17) is 0 Å². The highest BCUT2D eigenvalue weighted by Gasteiger charge is 2.25. The van der Waals surface area contributed by atoms with Gasteiger partial charge in [0.2, 0.25) is 11.6 Å². The summed E-state index contributed by atoms with van der Waals surface area (Å²) in [7, 11) is 1.65. The first kappa shape index (κ1) is 16.1. The molecule has 1 saturated carbocycles. The van der Waals surface area contributed by atoms with E-state index < -0.39 is 0 Å². The van der Waals surface area contributed by atoms with Gasteiger partial charge in [-0.1, -0.05) is 6.42 Å². The van der Waals surface area contributed by atoms with Crippen molar-refractivity contribution in [1.29, 1.82) is 0 Å². The van der Waals surface area contributed by atoms with E-state index in [0.29, 0.717) is 23.6 Å². The van der Waals surface area contributed by atoms with Crippen LogP contribution < -0.4 is 11.0 Å². The lowest BCUT2D eigenvalue weighted by Crippen LogP contribution is -2.31. The molecule has 1 aliphatic rings. The van der Waals surface area contributed by atoms with E-state index in [0.717, 1.165) is 13.1 Å². The molecular weight excluding hydrogens is 510 g/mol. The lowest BCUT2D eigenvalue weighted by atomic mass is 9.80. The molecule has 0 bridgehead atoms. The summed E-state index contributed by atoms with van der Waals surface area (Å²) in [5.41, 5.74) is -0.274. The summed E-state index contributed by atoms with van der Waals surface area (Å²) in [4.78, 5) is 20.6. The number of H-pyrrole nitrogens is 1. The van der Waals surface area contributed by atoms with Crippen LogP contribution in [0.25, 0.3) is 11.6 Å². The summed E-state index contributed by atoms with van der Waals surface area (Å²) in [5, 5.41) is 9.93. The molecule has 9 heteroatoms. The molecule has 1 atom stereocenters. The van der Waals surface area contributed by atoms with Crippen LogP contribution in [0.3, 0.4) is 0 Å². The van der Waals surface area contributed by atoms with Crippen LogP contribution in [0.4, 0.5) is 5.82 Å². The van der Waals surface area contributed by atoms with Gasteiger partial charge in [0.05, 0.1) is 3.57 Å². The van der Waals surface area contributed by atoms with Gasteiger partial charge in [0.25, 0.3) is 0 Å². The SMILES string of the molecule is C[C@@H](Nc1nc(-c2n[nH]c(=O)n2C)nc(I)c1I)C1CCC1. The minimum Gasteiger partial charge on any atom is -0.366 e. The summed E-state index contributed by atoms with van der Waals surface area (Å²) >= 11 is 4.43. The third kappa shape index (κ3) is 3.01. The predicted molar refractivity (Wildman–Crippen MR) is 101 cm³/mol. The molecule has 0 amide bonds. The van der Waals surface area contributed by atoms with Crippen LogP contribution in [0.5, 0.6) is 0 Å². The number of hydrogen-bond donors (Lipinski definition) is 2. The van der Waals surface area contributed by atoms with Crippen LogP contribution in [0.15, 0.2) is 4.79 Å². The van der Waals surface area contributed by atoms with Gasteiger partial charge in [-0.3, -0.25) is 4.57 Å². The number of nitrogens with zero attached hydrogens (tertiary/aromatic N) is 4. The number of halogens is 2. The average molecular weight is 526 g/mol. The highest BCUT2D eigenvalue weighted by atomic mass is 127. The van der Waals surface area contributed by atoms with E-state index >= 15 is 0 Å². The fourth-order valence-corrected chi connectivity index (χ4v) is 3.32. The molecule has 0 saturated heterocycles. The van der Waals surface area contributed by atoms with Gasteiger partial charge in [0, 0.05) is 13.1 Å². The topological polar surface area (TPSA) is 88.5 Å². The summed E-state index contributed by atoms with van der Waals surface area (Å²) < 4.78 is 3.26. The Balaban J connectivity index is 1.96. The molecule has 0 aromatic carbocycles. The summed E-state index contributed by atoms with van der Waals surface area (Å²) in [6.45, 7) is 2.19. The van der Waals surface area contributed by atoms with E-state index in [2.05, 4.69) is 77.6 Å². The van der Waals surface area contributed by atoms with Crippen molar-refractivity contribution >= 4 is 51.0 Å². The second-order valence-corrected chi connectivity index (χ2v) is 7.64. The van der Waals surface area contributed by atoms with Gasteiger partial charge >= 0.3 is 5.69 Å². The van der Waals surface area contributed by atoms with E-state index in [1.54, 1.807) is 7.05 Å². The fraction of sp³-hybridized carbons (Fsp3) is 0.538. The Kier molecular flexibility index (Phi) is 4.71. The quantitative estimate of drug-likeness (QED) is 0.472. The van der Waals surface area contributed by atoms with Gasteiger partial charge in [-0.05, 0) is 70.9 Å². The molecule has 0 unspecified atom stereocenters. The Hall–Kier alpha value is -0.720. The molecule has 0 aliphatic heterocycles. The largest absolute Gasteiger partial charge is 0.366 e. The van der Waals surface area contributed by atoms with E-state index in [1.807, 2.05) is 0 Å². The summed E-state index contributed by atoms with van der Waals surface area (Å²) in [6.07, 6.45) is 3.86. The minimum atomic E-state index is -0.274. The number of nitrogens with one attached hydrogen (secondary N) is 2. The monoisotopic (exact) mass is 526 g/mol. The number of rotatable bonds is 4. The third-order valence-corrected chi connectivity index (χ3v) is 6.95.